The van der Waals surface area contributed by atoms with Crippen molar-refractivity contribution in [3.8, 4) is 0 Å². The number of hydrogen-bond acceptors (Lipinski definition) is 2. The van der Waals surface area contributed by atoms with E-state index in [2.05, 4.69) is 37.4 Å². The summed E-state index contributed by atoms with van der Waals surface area (Å²) in [7, 11) is 0. The van der Waals surface area contributed by atoms with Crippen LogP contribution in [0.1, 0.15) is 44.7 Å². The molecule has 1 aliphatic rings. The fraction of sp³-hybridized carbons (Fsp3) is 0.588. The van der Waals surface area contributed by atoms with Gasteiger partial charge in [-0.3, -0.25) is 4.79 Å². The molecule has 1 amide bonds. The highest BCUT2D eigenvalue weighted by atomic mass is 16.2. The molecular formula is C17H26N2O. The second-order valence-corrected chi connectivity index (χ2v) is 5.76. The Hall–Kier alpha value is -1.35. The number of nitrogens with zero attached hydrogens (tertiary/aromatic N) is 1. The van der Waals surface area contributed by atoms with Gasteiger partial charge in [0, 0.05) is 18.7 Å². The molecule has 1 aromatic rings. The molecule has 1 heterocycles. The molecule has 0 radical (unpaired) electrons. The summed E-state index contributed by atoms with van der Waals surface area (Å²) in [5, 5.41) is 3.47. The van der Waals surface area contributed by atoms with Crippen molar-refractivity contribution in [2.75, 3.05) is 18.0 Å². The minimum absolute atomic E-state index is 0.144. The van der Waals surface area contributed by atoms with Gasteiger partial charge in [-0.2, -0.15) is 0 Å². The van der Waals surface area contributed by atoms with Crippen LogP contribution in [0.5, 0.6) is 0 Å². The van der Waals surface area contributed by atoms with Crippen molar-refractivity contribution in [1.29, 1.82) is 0 Å². The molecule has 0 spiro atoms. The van der Waals surface area contributed by atoms with Crippen molar-refractivity contribution in [3.05, 3.63) is 29.3 Å². The summed E-state index contributed by atoms with van der Waals surface area (Å²) in [6.45, 7) is 8.12. The molecule has 1 aliphatic heterocycles. The van der Waals surface area contributed by atoms with E-state index < -0.39 is 0 Å². The third-order valence-electron chi connectivity index (χ3n) is 4.00. The molecule has 0 aliphatic carbocycles. The largest absolute Gasteiger partial charge is 0.316 e. The van der Waals surface area contributed by atoms with Crippen LogP contribution in [-0.2, 0) is 17.6 Å². The van der Waals surface area contributed by atoms with Crippen LogP contribution in [0.25, 0.3) is 0 Å². The van der Waals surface area contributed by atoms with Crippen molar-refractivity contribution in [2.45, 2.75) is 52.5 Å². The highest BCUT2D eigenvalue weighted by Gasteiger charge is 2.28. The predicted molar refractivity (Wildman–Crippen MR) is 84.2 cm³/mol. The Morgan fingerprint density at radius 3 is 2.90 bits per heavy atom. The lowest BCUT2D eigenvalue weighted by molar-refractivity contribution is -0.116. The summed E-state index contributed by atoms with van der Waals surface area (Å²) in [4.78, 5) is 13.6. The van der Waals surface area contributed by atoms with Crippen molar-refractivity contribution < 1.29 is 4.79 Å². The Morgan fingerprint density at radius 2 is 2.20 bits per heavy atom. The van der Waals surface area contributed by atoms with E-state index in [1.807, 2.05) is 4.90 Å². The molecule has 1 unspecified atom stereocenters. The molecule has 0 bridgehead atoms. The maximum absolute atomic E-state index is 11.7. The maximum atomic E-state index is 11.7. The summed E-state index contributed by atoms with van der Waals surface area (Å²) in [6, 6.07) is 6.84. The Balaban J connectivity index is 1.96. The van der Waals surface area contributed by atoms with Gasteiger partial charge in [-0.1, -0.05) is 25.5 Å². The van der Waals surface area contributed by atoms with Crippen LogP contribution < -0.4 is 10.2 Å². The number of anilines is 1. The number of unbranched alkanes of at least 4 members (excludes halogenated alkanes) is 1. The average Bonchev–Trinajstić information content (AvgIpc) is 2.73. The summed E-state index contributed by atoms with van der Waals surface area (Å²) in [6.07, 6.45) is 4.53. The molecule has 0 aromatic heterocycles. The highest BCUT2D eigenvalue weighted by molar-refractivity contribution is 5.94. The molecule has 3 nitrogen and oxygen atoms in total. The van der Waals surface area contributed by atoms with Crippen LogP contribution in [0, 0.1) is 0 Å². The predicted octanol–water partition coefficient (Wildman–Crippen LogP) is 2.92. The Kier molecular flexibility index (Phi) is 5.18. The van der Waals surface area contributed by atoms with Crippen molar-refractivity contribution in [2.24, 2.45) is 0 Å². The fourth-order valence-corrected chi connectivity index (χ4v) is 2.98. The third kappa shape index (κ3) is 3.40. The minimum atomic E-state index is 0.144. The molecule has 2 rings (SSSR count). The van der Waals surface area contributed by atoms with Gasteiger partial charge in [-0.25, -0.2) is 0 Å². The number of amides is 1. The number of fused-ring (bicyclic) bond motifs is 1. The second kappa shape index (κ2) is 6.89. The summed E-state index contributed by atoms with van der Waals surface area (Å²) < 4.78 is 0. The highest BCUT2D eigenvalue weighted by Crippen LogP contribution is 2.32. The standard InChI is InChI=1S/C17H26N2O/c1-4-5-9-18-10-8-15-6-7-17-16(12-15)11-13(2)19(17)14(3)20/h6-7,12-13,18H,4-5,8-11H2,1-3H3. The van der Waals surface area contributed by atoms with E-state index in [-0.39, 0.29) is 5.91 Å². The Bertz CT molecular complexity index is 470. The van der Waals surface area contributed by atoms with E-state index in [4.69, 9.17) is 0 Å². The molecule has 20 heavy (non-hydrogen) atoms. The van der Waals surface area contributed by atoms with Gasteiger partial charge in [-0.15, -0.1) is 0 Å². The average molecular weight is 274 g/mol. The summed E-state index contributed by atoms with van der Waals surface area (Å²) in [5.74, 6) is 0.144. The van der Waals surface area contributed by atoms with Gasteiger partial charge in [0.2, 0.25) is 5.91 Å². The van der Waals surface area contributed by atoms with Gasteiger partial charge in [0.1, 0.15) is 0 Å². The lowest BCUT2D eigenvalue weighted by atomic mass is 10.0. The lowest BCUT2D eigenvalue weighted by Crippen LogP contribution is -2.33. The number of benzene rings is 1. The van der Waals surface area contributed by atoms with E-state index in [0.717, 1.165) is 31.6 Å². The monoisotopic (exact) mass is 274 g/mol. The summed E-state index contributed by atoms with van der Waals surface area (Å²) >= 11 is 0. The smallest absolute Gasteiger partial charge is 0.224 e. The minimum Gasteiger partial charge on any atom is -0.316 e. The van der Waals surface area contributed by atoms with E-state index in [1.165, 1.54) is 24.0 Å². The van der Waals surface area contributed by atoms with Crippen molar-refractivity contribution in [3.63, 3.8) is 0 Å². The molecule has 0 saturated heterocycles. The van der Waals surface area contributed by atoms with Crippen LogP contribution in [0.15, 0.2) is 18.2 Å². The van der Waals surface area contributed by atoms with Crippen LogP contribution >= 0.6 is 0 Å². The first-order valence-corrected chi connectivity index (χ1v) is 7.75. The Morgan fingerprint density at radius 1 is 1.40 bits per heavy atom. The Labute approximate surface area is 122 Å². The topological polar surface area (TPSA) is 32.3 Å². The van der Waals surface area contributed by atoms with Crippen LogP contribution in [-0.4, -0.2) is 25.0 Å². The van der Waals surface area contributed by atoms with Gasteiger partial charge in [0.05, 0.1) is 0 Å². The van der Waals surface area contributed by atoms with E-state index >= 15 is 0 Å². The fourth-order valence-electron chi connectivity index (χ4n) is 2.98. The van der Waals surface area contributed by atoms with Gasteiger partial charge >= 0.3 is 0 Å². The number of nitrogens with one attached hydrogen (secondary N) is 1. The zero-order chi connectivity index (χ0) is 14.5. The molecule has 0 fully saturated rings. The number of carbonyl (C=O) groups is 1. The van der Waals surface area contributed by atoms with Gasteiger partial charge in [0.25, 0.3) is 0 Å². The van der Waals surface area contributed by atoms with E-state index in [1.54, 1.807) is 6.92 Å². The number of carbonyl (C=O) groups excluding carboxylic acids is 1. The molecular weight excluding hydrogens is 248 g/mol. The van der Waals surface area contributed by atoms with Gasteiger partial charge in [0.15, 0.2) is 0 Å². The SMILES string of the molecule is CCCCNCCc1ccc2c(c1)CC(C)N2C(C)=O. The quantitative estimate of drug-likeness (QED) is 0.809. The normalized spacial score (nSPS) is 17.4. The van der Waals surface area contributed by atoms with E-state index in [9.17, 15) is 4.79 Å². The first-order valence-electron chi connectivity index (χ1n) is 7.75. The van der Waals surface area contributed by atoms with Gasteiger partial charge in [-0.05, 0) is 56.5 Å². The summed E-state index contributed by atoms with van der Waals surface area (Å²) in [5.41, 5.74) is 3.79. The van der Waals surface area contributed by atoms with Crippen LogP contribution in [0.2, 0.25) is 0 Å². The number of hydrogen-bond donors (Lipinski definition) is 1. The van der Waals surface area contributed by atoms with E-state index in [0.29, 0.717) is 6.04 Å². The second-order valence-electron chi connectivity index (χ2n) is 5.76. The molecule has 1 atom stereocenters. The van der Waals surface area contributed by atoms with Crippen LogP contribution in [0.3, 0.4) is 0 Å². The molecule has 1 N–H and O–H groups in total. The van der Waals surface area contributed by atoms with Crippen LogP contribution in [0.4, 0.5) is 5.69 Å². The zero-order valence-corrected chi connectivity index (χ0v) is 12.9. The van der Waals surface area contributed by atoms with Gasteiger partial charge < -0.3 is 10.2 Å². The zero-order valence-electron chi connectivity index (χ0n) is 12.9. The third-order valence-corrected chi connectivity index (χ3v) is 4.00. The molecule has 0 saturated carbocycles. The number of rotatable bonds is 6. The van der Waals surface area contributed by atoms with Crippen molar-refractivity contribution >= 4 is 11.6 Å². The first-order chi connectivity index (χ1) is 9.63. The first kappa shape index (κ1) is 15.0. The maximum Gasteiger partial charge on any atom is 0.224 e. The lowest BCUT2D eigenvalue weighted by Gasteiger charge is -2.20. The molecule has 110 valence electrons. The van der Waals surface area contributed by atoms with Crippen molar-refractivity contribution in [1.82, 2.24) is 5.32 Å². The molecule has 1 aromatic carbocycles. The molecule has 3 heteroatoms.